The second-order valence-corrected chi connectivity index (χ2v) is 5.75. The van der Waals surface area contributed by atoms with Crippen LogP contribution < -0.4 is 14.8 Å². The van der Waals surface area contributed by atoms with Crippen molar-refractivity contribution in [1.29, 1.82) is 0 Å². The van der Waals surface area contributed by atoms with Crippen LogP contribution in [0.25, 0.3) is 10.8 Å². The van der Waals surface area contributed by atoms with E-state index in [4.69, 9.17) is 9.47 Å². The summed E-state index contributed by atoms with van der Waals surface area (Å²) in [6, 6.07) is 19.1. The van der Waals surface area contributed by atoms with Crippen LogP contribution in [0.5, 0.6) is 11.5 Å². The Hall–Kier alpha value is -3.22. The lowest BCUT2D eigenvalue weighted by molar-refractivity contribution is -0.153. The molecule has 3 aromatic rings. The first-order valence-electron chi connectivity index (χ1n) is 8.11. The Morgan fingerprint density at radius 2 is 1.59 bits per heavy atom. The van der Waals surface area contributed by atoms with Crippen LogP contribution in [0.1, 0.15) is 0 Å². The highest BCUT2D eigenvalue weighted by Gasteiger charge is 2.28. The molecule has 0 fully saturated rings. The average Bonchev–Trinajstić information content (AvgIpc) is 2.65. The van der Waals surface area contributed by atoms with E-state index in [1.54, 1.807) is 12.1 Å². The monoisotopic (exact) mass is 375 g/mol. The van der Waals surface area contributed by atoms with Gasteiger partial charge in [0.05, 0.1) is 5.69 Å². The number of fused-ring (bicyclic) bond motifs is 1. The van der Waals surface area contributed by atoms with E-state index in [9.17, 15) is 18.0 Å². The third kappa shape index (κ3) is 5.37. The van der Waals surface area contributed by atoms with Crippen LogP contribution >= 0.6 is 0 Å². The summed E-state index contributed by atoms with van der Waals surface area (Å²) in [6.45, 7) is -1.72. The van der Waals surface area contributed by atoms with Gasteiger partial charge in [-0.15, -0.1) is 0 Å². The zero-order chi connectivity index (χ0) is 19.3. The topological polar surface area (TPSA) is 47.6 Å². The van der Waals surface area contributed by atoms with E-state index in [-0.39, 0.29) is 18.0 Å². The van der Waals surface area contributed by atoms with Crippen molar-refractivity contribution in [3.05, 3.63) is 66.7 Å². The Morgan fingerprint density at radius 3 is 2.37 bits per heavy atom. The van der Waals surface area contributed by atoms with E-state index in [2.05, 4.69) is 5.32 Å². The van der Waals surface area contributed by atoms with Gasteiger partial charge in [-0.1, -0.05) is 42.5 Å². The lowest BCUT2D eigenvalue weighted by Gasteiger charge is -2.14. The van der Waals surface area contributed by atoms with E-state index in [1.165, 1.54) is 18.2 Å². The number of anilines is 1. The van der Waals surface area contributed by atoms with Gasteiger partial charge >= 0.3 is 6.18 Å². The molecule has 4 nitrogen and oxygen atoms in total. The highest BCUT2D eigenvalue weighted by atomic mass is 19.4. The van der Waals surface area contributed by atoms with Gasteiger partial charge in [0.15, 0.2) is 13.2 Å². The number of carbonyl (C=O) groups excluding carboxylic acids is 1. The van der Waals surface area contributed by atoms with Crippen LogP contribution in [0.15, 0.2) is 66.7 Å². The minimum atomic E-state index is -4.46. The predicted octanol–water partition coefficient (Wildman–Crippen LogP) is 4.80. The van der Waals surface area contributed by atoms with Crippen molar-refractivity contribution in [3.63, 3.8) is 0 Å². The van der Waals surface area contributed by atoms with Crippen LogP contribution in [0.4, 0.5) is 18.9 Å². The average molecular weight is 375 g/mol. The maximum absolute atomic E-state index is 12.3. The minimum absolute atomic E-state index is 0.0612. The number of carbonyl (C=O) groups is 1. The largest absolute Gasteiger partial charge is 0.484 e. The molecule has 0 unspecified atom stereocenters. The van der Waals surface area contributed by atoms with Crippen molar-refractivity contribution in [2.24, 2.45) is 0 Å². The van der Waals surface area contributed by atoms with Gasteiger partial charge in [-0.05, 0) is 35.0 Å². The van der Waals surface area contributed by atoms with Crippen molar-refractivity contribution in [2.45, 2.75) is 6.18 Å². The summed E-state index contributed by atoms with van der Waals surface area (Å²) in [4.78, 5) is 12.1. The number of halogens is 3. The molecule has 0 radical (unpaired) electrons. The van der Waals surface area contributed by atoms with Gasteiger partial charge in [0.2, 0.25) is 0 Å². The molecule has 0 aliphatic rings. The van der Waals surface area contributed by atoms with Gasteiger partial charge in [-0.2, -0.15) is 13.2 Å². The summed E-state index contributed by atoms with van der Waals surface area (Å²) in [5.74, 6) is -0.0504. The molecule has 0 heterocycles. The first-order valence-corrected chi connectivity index (χ1v) is 8.11. The number of benzene rings is 3. The molecule has 3 aromatic carbocycles. The van der Waals surface area contributed by atoms with Gasteiger partial charge in [0, 0.05) is 0 Å². The molecule has 1 amide bonds. The van der Waals surface area contributed by atoms with Gasteiger partial charge in [0.25, 0.3) is 5.91 Å². The Bertz CT molecular complexity index is 941. The molecule has 27 heavy (non-hydrogen) atoms. The van der Waals surface area contributed by atoms with Crippen LogP contribution in [-0.4, -0.2) is 25.3 Å². The quantitative estimate of drug-likeness (QED) is 0.673. The number of hydrogen-bond donors (Lipinski definition) is 1. The Kier molecular flexibility index (Phi) is 5.49. The van der Waals surface area contributed by atoms with Crippen molar-refractivity contribution < 1.29 is 27.4 Å². The number of para-hydroxylation sites is 2. The third-order valence-electron chi connectivity index (χ3n) is 3.64. The van der Waals surface area contributed by atoms with E-state index in [0.29, 0.717) is 5.75 Å². The Morgan fingerprint density at radius 1 is 0.889 bits per heavy atom. The molecule has 0 aliphatic heterocycles. The number of ether oxygens (including phenoxy) is 2. The summed E-state index contributed by atoms with van der Waals surface area (Å²) < 4.78 is 47.2. The first-order chi connectivity index (χ1) is 12.9. The Balaban J connectivity index is 1.60. The van der Waals surface area contributed by atoms with Gasteiger partial charge in [0.1, 0.15) is 11.5 Å². The zero-order valence-corrected chi connectivity index (χ0v) is 14.1. The summed E-state index contributed by atoms with van der Waals surface area (Å²) in [5.41, 5.74) is 0.147. The molecule has 0 aliphatic carbocycles. The molecule has 0 atom stereocenters. The maximum atomic E-state index is 12.3. The number of alkyl halides is 3. The first kappa shape index (κ1) is 18.6. The molecule has 0 saturated heterocycles. The number of nitrogens with one attached hydrogen (secondary N) is 1. The Labute approximate surface area is 153 Å². The molecule has 0 aromatic heterocycles. The number of hydrogen-bond acceptors (Lipinski definition) is 3. The van der Waals surface area contributed by atoms with E-state index in [1.807, 2.05) is 36.4 Å². The second kappa shape index (κ2) is 7.99. The number of rotatable bonds is 6. The third-order valence-corrected chi connectivity index (χ3v) is 3.64. The maximum Gasteiger partial charge on any atom is 0.422 e. The normalized spacial score (nSPS) is 11.2. The fourth-order valence-corrected chi connectivity index (χ4v) is 2.45. The number of amides is 1. The molecule has 0 saturated carbocycles. The van der Waals surface area contributed by atoms with E-state index >= 15 is 0 Å². The molecule has 0 bridgehead atoms. The van der Waals surface area contributed by atoms with Gasteiger partial charge in [-0.25, -0.2) is 0 Å². The van der Waals surface area contributed by atoms with E-state index < -0.39 is 18.7 Å². The SMILES string of the molecule is O=C(COc1ccc2ccccc2c1)Nc1ccccc1OCC(F)(F)F. The van der Waals surface area contributed by atoms with Crippen LogP contribution in [0.2, 0.25) is 0 Å². The van der Waals surface area contributed by atoms with Crippen molar-refractivity contribution in [3.8, 4) is 11.5 Å². The van der Waals surface area contributed by atoms with Crippen molar-refractivity contribution in [2.75, 3.05) is 18.5 Å². The smallest absolute Gasteiger partial charge is 0.422 e. The molecule has 1 N–H and O–H groups in total. The standard InChI is InChI=1S/C20H16F3NO3/c21-20(22,23)13-27-18-8-4-3-7-17(18)24-19(25)12-26-16-10-9-14-5-1-2-6-15(14)11-16/h1-11H,12-13H2,(H,24,25). The van der Waals surface area contributed by atoms with Gasteiger partial charge in [-0.3, -0.25) is 4.79 Å². The summed E-state index contributed by atoms with van der Waals surface area (Å²) in [6.07, 6.45) is -4.46. The lowest BCUT2D eigenvalue weighted by Crippen LogP contribution is -2.22. The fourth-order valence-electron chi connectivity index (χ4n) is 2.45. The molecule has 3 rings (SSSR count). The van der Waals surface area contributed by atoms with E-state index in [0.717, 1.165) is 10.8 Å². The minimum Gasteiger partial charge on any atom is -0.484 e. The highest BCUT2D eigenvalue weighted by molar-refractivity contribution is 5.93. The summed E-state index contributed by atoms with van der Waals surface area (Å²) in [5, 5.41) is 4.52. The molecule has 0 spiro atoms. The molecule has 140 valence electrons. The van der Waals surface area contributed by atoms with Crippen LogP contribution in [-0.2, 0) is 4.79 Å². The van der Waals surface area contributed by atoms with Crippen LogP contribution in [0, 0.1) is 0 Å². The highest BCUT2D eigenvalue weighted by Crippen LogP contribution is 2.26. The van der Waals surface area contributed by atoms with Gasteiger partial charge < -0.3 is 14.8 Å². The van der Waals surface area contributed by atoms with Crippen molar-refractivity contribution in [1.82, 2.24) is 0 Å². The van der Waals surface area contributed by atoms with Crippen molar-refractivity contribution >= 4 is 22.4 Å². The summed E-state index contributed by atoms with van der Waals surface area (Å²) in [7, 11) is 0. The second-order valence-electron chi connectivity index (χ2n) is 5.75. The van der Waals surface area contributed by atoms with Crippen LogP contribution in [0.3, 0.4) is 0 Å². The molecular formula is C20H16F3NO3. The lowest BCUT2D eigenvalue weighted by atomic mass is 10.1. The molecular weight excluding hydrogens is 359 g/mol. The predicted molar refractivity (Wildman–Crippen MR) is 96.1 cm³/mol. The molecule has 7 heteroatoms. The zero-order valence-electron chi connectivity index (χ0n) is 14.1. The summed E-state index contributed by atoms with van der Waals surface area (Å²) >= 11 is 0. The fraction of sp³-hybridized carbons (Fsp3) is 0.150.